The summed E-state index contributed by atoms with van der Waals surface area (Å²) in [6.45, 7) is 8.27. The molecule has 3 heterocycles. The molecule has 0 amide bonds. The third-order valence-corrected chi connectivity index (χ3v) is 5.75. The van der Waals surface area contributed by atoms with Crippen LogP contribution in [0, 0.1) is 6.92 Å². The number of likely N-dealkylation sites (tertiary alicyclic amines) is 1. The molecular formula is C21H29N3O2. The summed E-state index contributed by atoms with van der Waals surface area (Å²) in [5.74, 6) is 0. The lowest BCUT2D eigenvalue weighted by molar-refractivity contribution is 0.122. The Morgan fingerprint density at radius 3 is 2.50 bits per heavy atom. The molecule has 5 heteroatoms. The van der Waals surface area contributed by atoms with Gasteiger partial charge in [-0.3, -0.25) is 9.69 Å². The summed E-state index contributed by atoms with van der Waals surface area (Å²) in [4.78, 5) is 21.5. The molecule has 2 aromatic rings. The topological polar surface area (TPSA) is 48.6 Å². The van der Waals surface area contributed by atoms with E-state index in [9.17, 15) is 4.79 Å². The van der Waals surface area contributed by atoms with Crippen LogP contribution in [-0.4, -0.2) is 49.3 Å². The molecule has 0 aliphatic carbocycles. The van der Waals surface area contributed by atoms with Crippen molar-refractivity contribution in [2.45, 2.75) is 39.2 Å². The number of aryl methyl sites for hydroxylation is 1. The number of pyridine rings is 1. The van der Waals surface area contributed by atoms with Gasteiger partial charge in [0.05, 0.1) is 13.2 Å². The molecule has 1 aromatic heterocycles. The Kier molecular flexibility index (Phi) is 5.27. The number of anilines is 1. The lowest BCUT2D eigenvalue weighted by Gasteiger charge is -2.29. The van der Waals surface area contributed by atoms with Gasteiger partial charge in [-0.2, -0.15) is 0 Å². The predicted molar refractivity (Wildman–Crippen MR) is 106 cm³/mol. The van der Waals surface area contributed by atoms with Crippen LogP contribution in [0.1, 0.15) is 36.9 Å². The highest BCUT2D eigenvalue weighted by molar-refractivity contribution is 5.83. The van der Waals surface area contributed by atoms with Crippen molar-refractivity contribution in [2.75, 3.05) is 44.3 Å². The van der Waals surface area contributed by atoms with Gasteiger partial charge in [0, 0.05) is 47.5 Å². The lowest BCUT2D eigenvalue weighted by Crippen LogP contribution is -2.36. The number of hydrogen-bond acceptors (Lipinski definition) is 4. The first-order valence-corrected chi connectivity index (χ1v) is 9.93. The van der Waals surface area contributed by atoms with E-state index in [4.69, 9.17) is 4.74 Å². The molecule has 0 atom stereocenters. The third kappa shape index (κ3) is 3.64. The maximum Gasteiger partial charge on any atom is 0.194 e. The molecule has 1 N–H and O–H groups in total. The quantitative estimate of drug-likeness (QED) is 0.919. The van der Waals surface area contributed by atoms with Crippen LogP contribution in [0.4, 0.5) is 5.69 Å². The van der Waals surface area contributed by atoms with Crippen molar-refractivity contribution in [3.63, 3.8) is 0 Å². The van der Waals surface area contributed by atoms with Crippen LogP contribution in [0.2, 0.25) is 0 Å². The molecule has 0 spiro atoms. The summed E-state index contributed by atoms with van der Waals surface area (Å²) < 4.78 is 5.45. The van der Waals surface area contributed by atoms with E-state index in [-0.39, 0.29) is 5.43 Å². The Balaban J connectivity index is 1.67. The Labute approximate surface area is 154 Å². The largest absolute Gasteiger partial charge is 0.378 e. The second kappa shape index (κ2) is 7.80. The van der Waals surface area contributed by atoms with Crippen molar-refractivity contribution >= 4 is 16.6 Å². The fourth-order valence-electron chi connectivity index (χ4n) is 4.17. The number of fused-ring (bicyclic) bond motifs is 1. The molecule has 2 fully saturated rings. The zero-order valence-electron chi connectivity index (χ0n) is 15.7. The number of aromatic nitrogens is 1. The summed E-state index contributed by atoms with van der Waals surface area (Å²) >= 11 is 0. The highest BCUT2D eigenvalue weighted by Gasteiger charge is 2.17. The molecule has 140 valence electrons. The molecule has 0 saturated carbocycles. The number of rotatable bonds is 3. The summed E-state index contributed by atoms with van der Waals surface area (Å²) in [5.41, 5.74) is 4.18. The first kappa shape index (κ1) is 17.6. The molecule has 1 aromatic carbocycles. The summed E-state index contributed by atoms with van der Waals surface area (Å²) in [5, 5.41) is 0.810. The SMILES string of the molecule is Cc1[nH]c2ccc(N3CCOCC3)cc2c(=O)c1CN1CCCCCC1. The molecule has 0 unspecified atom stereocenters. The van der Waals surface area contributed by atoms with E-state index in [0.717, 1.165) is 73.8 Å². The number of aromatic amines is 1. The number of benzene rings is 1. The van der Waals surface area contributed by atoms with E-state index >= 15 is 0 Å². The standard InChI is InChI=1S/C21H29N3O2/c1-16-19(15-23-8-4-2-3-5-9-23)21(25)18-14-17(6-7-20(18)22-16)24-10-12-26-13-11-24/h6-7,14H,2-5,8-13,15H2,1H3,(H,22,25). The first-order chi connectivity index (χ1) is 12.7. The minimum atomic E-state index is 0.190. The van der Waals surface area contributed by atoms with Crippen molar-refractivity contribution in [1.82, 2.24) is 9.88 Å². The van der Waals surface area contributed by atoms with Crippen LogP contribution in [0.15, 0.2) is 23.0 Å². The fraction of sp³-hybridized carbons (Fsp3) is 0.571. The van der Waals surface area contributed by atoms with Gasteiger partial charge in [0.1, 0.15) is 0 Å². The normalized spacial score (nSPS) is 19.7. The Hall–Kier alpha value is -1.85. The average Bonchev–Trinajstić information content (AvgIpc) is 2.94. The Morgan fingerprint density at radius 2 is 1.77 bits per heavy atom. The molecule has 5 nitrogen and oxygen atoms in total. The van der Waals surface area contributed by atoms with Crippen LogP contribution < -0.4 is 10.3 Å². The van der Waals surface area contributed by atoms with Crippen molar-refractivity contribution in [3.05, 3.63) is 39.7 Å². The van der Waals surface area contributed by atoms with Gasteiger partial charge in [0.15, 0.2) is 5.43 Å². The Morgan fingerprint density at radius 1 is 1.04 bits per heavy atom. The van der Waals surface area contributed by atoms with Crippen molar-refractivity contribution < 1.29 is 4.74 Å². The second-order valence-corrected chi connectivity index (χ2v) is 7.58. The minimum absolute atomic E-state index is 0.190. The van der Waals surface area contributed by atoms with Crippen molar-refractivity contribution in [1.29, 1.82) is 0 Å². The van der Waals surface area contributed by atoms with E-state index in [1.807, 2.05) is 13.0 Å². The Bertz CT molecular complexity index is 816. The van der Waals surface area contributed by atoms with E-state index in [1.54, 1.807) is 0 Å². The molecule has 4 rings (SSSR count). The van der Waals surface area contributed by atoms with E-state index in [2.05, 4.69) is 26.9 Å². The van der Waals surface area contributed by atoms with Crippen LogP contribution in [0.5, 0.6) is 0 Å². The van der Waals surface area contributed by atoms with Gasteiger partial charge in [0.25, 0.3) is 0 Å². The number of hydrogen-bond donors (Lipinski definition) is 1. The molecule has 0 radical (unpaired) electrons. The number of nitrogens with one attached hydrogen (secondary N) is 1. The van der Waals surface area contributed by atoms with Gasteiger partial charge in [0.2, 0.25) is 0 Å². The van der Waals surface area contributed by atoms with Gasteiger partial charge in [-0.15, -0.1) is 0 Å². The van der Waals surface area contributed by atoms with Crippen LogP contribution in [0.3, 0.4) is 0 Å². The van der Waals surface area contributed by atoms with Gasteiger partial charge < -0.3 is 14.6 Å². The van der Waals surface area contributed by atoms with Crippen molar-refractivity contribution in [2.24, 2.45) is 0 Å². The number of ether oxygens (including phenoxy) is 1. The second-order valence-electron chi connectivity index (χ2n) is 7.58. The van der Waals surface area contributed by atoms with Gasteiger partial charge in [-0.1, -0.05) is 12.8 Å². The van der Waals surface area contributed by atoms with E-state index in [0.29, 0.717) is 0 Å². The maximum atomic E-state index is 13.3. The number of morpholine rings is 1. The number of nitrogens with zero attached hydrogens (tertiary/aromatic N) is 2. The molecular weight excluding hydrogens is 326 g/mol. The van der Waals surface area contributed by atoms with Gasteiger partial charge in [-0.25, -0.2) is 0 Å². The first-order valence-electron chi connectivity index (χ1n) is 9.93. The zero-order valence-corrected chi connectivity index (χ0v) is 15.7. The molecule has 26 heavy (non-hydrogen) atoms. The monoisotopic (exact) mass is 355 g/mol. The molecule has 2 aliphatic rings. The summed E-state index contributed by atoms with van der Waals surface area (Å²) in [7, 11) is 0. The third-order valence-electron chi connectivity index (χ3n) is 5.75. The van der Waals surface area contributed by atoms with Crippen LogP contribution in [0.25, 0.3) is 10.9 Å². The van der Waals surface area contributed by atoms with E-state index < -0.39 is 0 Å². The minimum Gasteiger partial charge on any atom is -0.378 e. The highest BCUT2D eigenvalue weighted by Crippen LogP contribution is 2.22. The lowest BCUT2D eigenvalue weighted by atomic mass is 10.1. The van der Waals surface area contributed by atoms with Gasteiger partial charge >= 0.3 is 0 Å². The predicted octanol–water partition coefficient (Wildman–Crippen LogP) is 3.05. The van der Waals surface area contributed by atoms with Crippen LogP contribution >= 0.6 is 0 Å². The van der Waals surface area contributed by atoms with E-state index in [1.165, 1.54) is 25.7 Å². The number of H-pyrrole nitrogens is 1. The van der Waals surface area contributed by atoms with Gasteiger partial charge in [-0.05, 0) is 51.1 Å². The van der Waals surface area contributed by atoms with Crippen LogP contribution in [-0.2, 0) is 11.3 Å². The molecule has 2 aliphatic heterocycles. The van der Waals surface area contributed by atoms with Crippen molar-refractivity contribution in [3.8, 4) is 0 Å². The summed E-state index contributed by atoms with van der Waals surface area (Å²) in [6, 6.07) is 6.21. The molecule has 2 saturated heterocycles. The molecule has 0 bridgehead atoms. The summed E-state index contributed by atoms with van der Waals surface area (Å²) in [6.07, 6.45) is 5.11. The maximum absolute atomic E-state index is 13.3. The average molecular weight is 355 g/mol. The fourth-order valence-corrected chi connectivity index (χ4v) is 4.17. The zero-order chi connectivity index (χ0) is 17.9. The highest BCUT2D eigenvalue weighted by atomic mass is 16.5. The smallest absolute Gasteiger partial charge is 0.194 e.